The van der Waals surface area contributed by atoms with Gasteiger partial charge in [-0.05, 0) is 37.0 Å². The molecular formula is C13H13ClFNO. The number of allylic oxidation sites excluding steroid dienone is 2. The van der Waals surface area contributed by atoms with Crippen molar-refractivity contribution < 1.29 is 9.18 Å². The first kappa shape index (κ1) is 12.1. The minimum Gasteiger partial charge on any atom is -0.326 e. The minimum atomic E-state index is -0.483. The van der Waals surface area contributed by atoms with Crippen LogP contribution in [0.1, 0.15) is 19.3 Å². The van der Waals surface area contributed by atoms with E-state index >= 15 is 0 Å². The quantitative estimate of drug-likeness (QED) is 0.817. The summed E-state index contributed by atoms with van der Waals surface area (Å²) in [6.45, 7) is 0. The summed E-state index contributed by atoms with van der Waals surface area (Å²) in [7, 11) is 0. The van der Waals surface area contributed by atoms with Gasteiger partial charge in [-0.15, -0.1) is 0 Å². The van der Waals surface area contributed by atoms with Crippen LogP contribution in [0.3, 0.4) is 0 Å². The van der Waals surface area contributed by atoms with E-state index in [4.69, 9.17) is 11.6 Å². The number of amides is 1. The number of benzene rings is 1. The summed E-state index contributed by atoms with van der Waals surface area (Å²) in [6.07, 6.45) is 6.69. The Morgan fingerprint density at radius 1 is 1.53 bits per heavy atom. The van der Waals surface area contributed by atoms with Crippen LogP contribution in [-0.2, 0) is 4.79 Å². The zero-order valence-corrected chi connectivity index (χ0v) is 10.0. The minimum absolute atomic E-state index is 0.0172. The Labute approximate surface area is 104 Å². The average molecular weight is 254 g/mol. The number of hydrogen-bond acceptors (Lipinski definition) is 1. The van der Waals surface area contributed by atoms with Crippen molar-refractivity contribution in [3.63, 3.8) is 0 Å². The van der Waals surface area contributed by atoms with E-state index in [-0.39, 0.29) is 10.9 Å². The first-order valence-corrected chi connectivity index (χ1v) is 5.94. The lowest BCUT2D eigenvalue weighted by molar-refractivity contribution is -0.116. The predicted molar refractivity (Wildman–Crippen MR) is 66.5 cm³/mol. The number of rotatable bonds is 3. The van der Waals surface area contributed by atoms with Gasteiger partial charge in [0, 0.05) is 12.1 Å². The van der Waals surface area contributed by atoms with Gasteiger partial charge in [0.25, 0.3) is 0 Å². The predicted octanol–water partition coefficient (Wildman–Crippen LogP) is 3.77. The Kier molecular flexibility index (Phi) is 3.79. The van der Waals surface area contributed by atoms with E-state index in [9.17, 15) is 9.18 Å². The van der Waals surface area contributed by atoms with E-state index in [1.165, 1.54) is 18.2 Å². The van der Waals surface area contributed by atoms with Gasteiger partial charge in [-0.2, -0.15) is 0 Å². The van der Waals surface area contributed by atoms with Crippen molar-refractivity contribution in [1.29, 1.82) is 0 Å². The Bertz CT molecular complexity index is 459. The van der Waals surface area contributed by atoms with Crippen LogP contribution in [0.25, 0.3) is 0 Å². The van der Waals surface area contributed by atoms with Crippen molar-refractivity contribution in [1.82, 2.24) is 0 Å². The fourth-order valence-corrected chi connectivity index (χ4v) is 2.07. The van der Waals surface area contributed by atoms with Crippen LogP contribution in [-0.4, -0.2) is 5.91 Å². The Morgan fingerprint density at radius 3 is 3.00 bits per heavy atom. The zero-order valence-electron chi connectivity index (χ0n) is 9.25. The number of anilines is 1. The third-order valence-electron chi connectivity index (χ3n) is 2.76. The molecule has 1 N–H and O–H groups in total. The van der Waals surface area contributed by atoms with Gasteiger partial charge in [0.1, 0.15) is 5.82 Å². The van der Waals surface area contributed by atoms with Crippen molar-refractivity contribution in [3.8, 4) is 0 Å². The summed E-state index contributed by atoms with van der Waals surface area (Å²) >= 11 is 5.63. The monoisotopic (exact) mass is 253 g/mol. The molecule has 0 unspecified atom stereocenters. The fourth-order valence-electron chi connectivity index (χ4n) is 1.89. The summed E-state index contributed by atoms with van der Waals surface area (Å²) in [4.78, 5) is 11.7. The fraction of sp³-hybridized carbons (Fsp3) is 0.308. The van der Waals surface area contributed by atoms with E-state index in [2.05, 4.69) is 17.5 Å². The summed E-state index contributed by atoms with van der Waals surface area (Å²) in [5.41, 5.74) is 0.531. The Morgan fingerprint density at radius 2 is 2.35 bits per heavy atom. The molecule has 1 aromatic carbocycles. The second-order valence-corrected chi connectivity index (χ2v) is 4.55. The van der Waals surface area contributed by atoms with Gasteiger partial charge in [-0.3, -0.25) is 4.79 Å². The Balaban J connectivity index is 1.93. The lowest BCUT2D eigenvalue weighted by Gasteiger charge is -2.09. The third-order valence-corrected chi connectivity index (χ3v) is 3.05. The number of nitrogens with one attached hydrogen (secondary N) is 1. The number of carbonyl (C=O) groups is 1. The van der Waals surface area contributed by atoms with Crippen LogP contribution >= 0.6 is 11.6 Å². The van der Waals surface area contributed by atoms with Gasteiger partial charge >= 0.3 is 0 Å². The number of halogens is 2. The zero-order chi connectivity index (χ0) is 12.3. The molecular weight excluding hydrogens is 241 g/mol. The smallest absolute Gasteiger partial charge is 0.224 e. The highest BCUT2D eigenvalue weighted by atomic mass is 35.5. The highest BCUT2D eigenvalue weighted by molar-refractivity contribution is 6.31. The summed E-state index contributed by atoms with van der Waals surface area (Å²) in [5.74, 6) is -0.224. The Hall–Kier alpha value is -1.35. The first-order valence-electron chi connectivity index (χ1n) is 5.57. The first-order chi connectivity index (χ1) is 8.15. The van der Waals surface area contributed by atoms with Crippen LogP contribution in [0.4, 0.5) is 10.1 Å². The van der Waals surface area contributed by atoms with Crippen LogP contribution in [0.2, 0.25) is 5.02 Å². The molecule has 1 amide bonds. The van der Waals surface area contributed by atoms with E-state index < -0.39 is 5.82 Å². The maximum atomic E-state index is 12.9. The molecule has 0 bridgehead atoms. The summed E-state index contributed by atoms with van der Waals surface area (Å²) in [6, 6.07) is 4.16. The highest BCUT2D eigenvalue weighted by Crippen LogP contribution is 2.22. The van der Waals surface area contributed by atoms with E-state index in [0.717, 1.165) is 12.8 Å². The molecule has 1 aliphatic carbocycles. The molecule has 0 heterocycles. The second-order valence-electron chi connectivity index (χ2n) is 4.15. The molecule has 0 saturated carbocycles. The summed E-state index contributed by atoms with van der Waals surface area (Å²) < 4.78 is 12.9. The molecule has 1 aromatic rings. The molecule has 0 saturated heterocycles. The van der Waals surface area contributed by atoms with Crippen molar-refractivity contribution >= 4 is 23.2 Å². The van der Waals surface area contributed by atoms with Gasteiger partial charge in [0.2, 0.25) is 5.91 Å². The second kappa shape index (κ2) is 5.32. The van der Waals surface area contributed by atoms with Crippen molar-refractivity contribution in [2.75, 3.05) is 5.32 Å². The van der Waals surface area contributed by atoms with E-state index in [0.29, 0.717) is 18.0 Å². The van der Waals surface area contributed by atoms with Gasteiger partial charge in [0.15, 0.2) is 0 Å². The molecule has 0 radical (unpaired) electrons. The van der Waals surface area contributed by atoms with Crippen molar-refractivity contribution in [3.05, 3.63) is 41.2 Å². The molecule has 2 rings (SSSR count). The van der Waals surface area contributed by atoms with Gasteiger partial charge in [0.05, 0.1) is 5.02 Å². The van der Waals surface area contributed by atoms with Crippen molar-refractivity contribution in [2.45, 2.75) is 19.3 Å². The molecule has 4 heteroatoms. The third kappa shape index (κ3) is 3.30. The maximum Gasteiger partial charge on any atom is 0.224 e. The highest BCUT2D eigenvalue weighted by Gasteiger charge is 2.14. The van der Waals surface area contributed by atoms with Gasteiger partial charge in [-0.1, -0.05) is 23.8 Å². The van der Waals surface area contributed by atoms with E-state index in [1.807, 2.05) is 0 Å². The molecule has 0 spiro atoms. The topological polar surface area (TPSA) is 29.1 Å². The maximum absolute atomic E-state index is 12.9. The number of carbonyl (C=O) groups excluding carboxylic acids is 1. The molecule has 0 aliphatic heterocycles. The molecule has 90 valence electrons. The van der Waals surface area contributed by atoms with Crippen LogP contribution in [0.5, 0.6) is 0 Å². The molecule has 2 nitrogen and oxygen atoms in total. The average Bonchev–Trinajstić information content (AvgIpc) is 2.76. The lowest BCUT2D eigenvalue weighted by Crippen LogP contribution is -2.14. The van der Waals surface area contributed by atoms with Crippen LogP contribution in [0.15, 0.2) is 30.4 Å². The lowest BCUT2D eigenvalue weighted by atomic mass is 10.1. The van der Waals surface area contributed by atoms with Gasteiger partial charge in [-0.25, -0.2) is 4.39 Å². The molecule has 1 aliphatic rings. The molecule has 0 fully saturated rings. The van der Waals surface area contributed by atoms with Crippen molar-refractivity contribution in [2.24, 2.45) is 5.92 Å². The standard InChI is InChI=1S/C13H13ClFNO/c14-11-8-10(5-6-12(11)15)16-13(17)7-9-3-1-2-4-9/h1,3,5-6,8-9H,2,4,7H2,(H,16,17)/t9-/m0/s1. The van der Waals surface area contributed by atoms with Crippen LogP contribution < -0.4 is 5.32 Å². The molecule has 17 heavy (non-hydrogen) atoms. The SMILES string of the molecule is O=C(C[C@H]1C=CCC1)Nc1ccc(F)c(Cl)c1. The van der Waals surface area contributed by atoms with E-state index in [1.54, 1.807) is 0 Å². The van der Waals surface area contributed by atoms with Crippen LogP contribution in [0, 0.1) is 11.7 Å². The molecule has 0 aromatic heterocycles. The number of hydrogen-bond donors (Lipinski definition) is 1. The largest absolute Gasteiger partial charge is 0.326 e. The summed E-state index contributed by atoms with van der Waals surface area (Å²) in [5, 5.41) is 2.73. The van der Waals surface area contributed by atoms with Gasteiger partial charge < -0.3 is 5.32 Å². The molecule has 1 atom stereocenters. The normalized spacial score (nSPS) is 18.4.